The summed E-state index contributed by atoms with van der Waals surface area (Å²) in [4.78, 5) is 17.0. The van der Waals surface area contributed by atoms with Crippen LogP contribution in [0.25, 0.3) is 0 Å². The maximum absolute atomic E-state index is 10.9. The third kappa shape index (κ3) is 1.93. The van der Waals surface area contributed by atoms with E-state index in [2.05, 4.69) is 11.1 Å². The predicted octanol–water partition coefficient (Wildman–Crippen LogP) is 3.31. The minimum Gasteiger partial charge on any atom is -0.477 e. The van der Waals surface area contributed by atoms with E-state index in [0.29, 0.717) is 4.88 Å². The molecule has 4 heteroatoms. The Morgan fingerprint density at radius 1 is 1.39 bits per heavy atom. The second kappa shape index (κ2) is 4.53. The molecule has 2 heterocycles. The number of aryl methyl sites for hydroxylation is 1. The minimum absolute atomic E-state index is 0.271. The molecule has 2 aromatic heterocycles. The highest BCUT2D eigenvalue weighted by Crippen LogP contribution is 2.38. The first kappa shape index (κ1) is 11.4. The standard InChI is InChI=1S/C14H13NO2S/c16-14(17)12-7-6-11(18-12)10-5-1-3-9-4-2-8-15-13(9)10/h2,4,6-8,10H,1,3,5H2,(H,16,17). The summed E-state index contributed by atoms with van der Waals surface area (Å²) in [5.74, 6) is -0.573. The van der Waals surface area contributed by atoms with Crippen LogP contribution in [0.15, 0.2) is 30.5 Å². The predicted molar refractivity (Wildman–Crippen MR) is 70.3 cm³/mol. The van der Waals surface area contributed by atoms with Crippen LogP contribution in [0.4, 0.5) is 0 Å². The number of nitrogens with zero attached hydrogens (tertiary/aromatic N) is 1. The third-order valence-corrected chi connectivity index (χ3v) is 4.56. The van der Waals surface area contributed by atoms with Crippen LogP contribution in [-0.2, 0) is 6.42 Å². The zero-order chi connectivity index (χ0) is 12.5. The molecule has 0 aromatic carbocycles. The van der Waals surface area contributed by atoms with E-state index in [1.54, 1.807) is 6.07 Å². The molecule has 1 unspecified atom stereocenters. The number of carbonyl (C=O) groups is 1. The van der Waals surface area contributed by atoms with Gasteiger partial charge in [0.2, 0.25) is 0 Å². The molecule has 0 fully saturated rings. The highest BCUT2D eigenvalue weighted by Gasteiger charge is 2.24. The van der Waals surface area contributed by atoms with Crippen LogP contribution >= 0.6 is 11.3 Å². The highest BCUT2D eigenvalue weighted by atomic mass is 32.1. The lowest BCUT2D eigenvalue weighted by molar-refractivity contribution is 0.0702. The molecule has 0 radical (unpaired) electrons. The van der Waals surface area contributed by atoms with Crippen molar-refractivity contribution in [3.63, 3.8) is 0 Å². The van der Waals surface area contributed by atoms with Gasteiger partial charge in [0.1, 0.15) is 4.88 Å². The molecular formula is C14H13NO2S. The number of hydrogen-bond acceptors (Lipinski definition) is 3. The molecule has 92 valence electrons. The average molecular weight is 259 g/mol. The summed E-state index contributed by atoms with van der Waals surface area (Å²) in [5, 5.41) is 8.99. The van der Waals surface area contributed by atoms with Crippen molar-refractivity contribution in [2.24, 2.45) is 0 Å². The first-order valence-electron chi connectivity index (χ1n) is 6.02. The first-order valence-corrected chi connectivity index (χ1v) is 6.84. The summed E-state index contributed by atoms with van der Waals surface area (Å²) >= 11 is 1.37. The fourth-order valence-electron chi connectivity index (χ4n) is 2.54. The van der Waals surface area contributed by atoms with Crippen molar-refractivity contribution in [3.8, 4) is 0 Å². The van der Waals surface area contributed by atoms with E-state index in [9.17, 15) is 4.79 Å². The van der Waals surface area contributed by atoms with Crippen LogP contribution in [0.1, 0.15) is 44.6 Å². The van der Waals surface area contributed by atoms with Gasteiger partial charge in [0.05, 0.1) is 5.69 Å². The molecule has 0 saturated carbocycles. The van der Waals surface area contributed by atoms with Gasteiger partial charge < -0.3 is 5.11 Å². The Kier molecular flexibility index (Phi) is 2.88. The smallest absolute Gasteiger partial charge is 0.345 e. The summed E-state index contributed by atoms with van der Waals surface area (Å²) < 4.78 is 0. The topological polar surface area (TPSA) is 50.2 Å². The zero-order valence-corrected chi connectivity index (χ0v) is 10.6. The van der Waals surface area contributed by atoms with Crippen molar-refractivity contribution >= 4 is 17.3 Å². The lowest BCUT2D eigenvalue weighted by atomic mass is 9.86. The Hall–Kier alpha value is -1.68. The molecule has 0 spiro atoms. The molecule has 1 aliphatic rings. The van der Waals surface area contributed by atoms with Gasteiger partial charge in [0.25, 0.3) is 0 Å². The Morgan fingerprint density at radius 2 is 2.28 bits per heavy atom. The summed E-state index contributed by atoms with van der Waals surface area (Å²) in [7, 11) is 0. The number of pyridine rings is 1. The summed E-state index contributed by atoms with van der Waals surface area (Å²) in [6.07, 6.45) is 5.10. The Morgan fingerprint density at radius 3 is 3.06 bits per heavy atom. The van der Waals surface area contributed by atoms with Crippen LogP contribution in [-0.4, -0.2) is 16.1 Å². The third-order valence-electron chi connectivity index (χ3n) is 3.38. The molecular weight excluding hydrogens is 246 g/mol. The molecule has 0 saturated heterocycles. The van der Waals surface area contributed by atoms with Gasteiger partial charge in [-0.1, -0.05) is 6.07 Å². The normalized spacial score (nSPS) is 18.3. The van der Waals surface area contributed by atoms with Crippen LogP contribution in [0, 0.1) is 0 Å². The Bertz CT molecular complexity index is 591. The number of rotatable bonds is 2. The molecule has 3 rings (SSSR count). The van der Waals surface area contributed by atoms with Crippen molar-refractivity contribution in [1.29, 1.82) is 0 Å². The molecule has 1 atom stereocenters. The molecule has 1 N–H and O–H groups in total. The summed E-state index contributed by atoms with van der Waals surface area (Å²) in [5.41, 5.74) is 2.43. The van der Waals surface area contributed by atoms with Crippen molar-refractivity contribution in [1.82, 2.24) is 4.98 Å². The fraction of sp³-hybridized carbons (Fsp3) is 0.286. The van der Waals surface area contributed by atoms with Gasteiger partial charge in [-0.25, -0.2) is 4.79 Å². The fourth-order valence-corrected chi connectivity index (χ4v) is 3.53. The lowest BCUT2D eigenvalue weighted by Crippen LogP contribution is -2.11. The van der Waals surface area contributed by atoms with Gasteiger partial charge in [-0.3, -0.25) is 4.98 Å². The minimum atomic E-state index is -0.844. The number of thiophene rings is 1. The largest absolute Gasteiger partial charge is 0.477 e. The highest BCUT2D eigenvalue weighted by molar-refractivity contribution is 7.14. The van der Waals surface area contributed by atoms with E-state index < -0.39 is 5.97 Å². The lowest BCUT2D eigenvalue weighted by Gasteiger charge is -2.23. The molecule has 1 aliphatic carbocycles. The Balaban J connectivity index is 2.00. The van der Waals surface area contributed by atoms with Crippen LogP contribution in [0.5, 0.6) is 0 Å². The number of carboxylic acid groups (broad SMARTS) is 1. The number of aromatic nitrogens is 1. The van der Waals surface area contributed by atoms with Crippen molar-refractivity contribution in [2.75, 3.05) is 0 Å². The Labute approximate surface area is 109 Å². The quantitative estimate of drug-likeness (QED) is 0.900. The first-order chi connectivity index (χ1) is 8.75. The summed E-state index contributed by atoms with van der Waals surface area (Å²) in [6.45, 7) is 0. The molecule has 2 aromatic rings. The zero-order valence-electron chi connectivity index (χ0n) is 9.80. The molecule has 3 nitrogen and oxygen atoms in total. The van der Waals surface area contributed by atoms with Crippen LogP contribution < -0.4 is 0 Å². The van der Waals surface area contributed by atoms with E-state index in [-0.39, 0.29) is 5.92 Å². The SMILES string of the molecule is O=C(O)c1ccc(C2CCCc3cccnc32)s1. The summed E-state index contributed by atoms with van der Waals surface area (Å²) in [6, 6.07) is 7.72. The van der Waals surface area contributed by atoms with Gasteiger partial charge in [-0.15, -0.1) is 11.3 Å². The average Bonchev–Trinajstić information content (AvgIpc) is 2.87. The van der Waals surface area contributed by atoms with Gasteiger partial charge in [-0.05, 0) is 43.0 Å². The second-order valence-electron chi connectivity index (χ2n) is 4.50. The monoisotopic (exact) mass is 259 g/mol. The number of carboxylic acids is 1. The van der Waals surface area contributed by atoms with E-state index in [1.807, 2.05) is 18.3 Å². The van der Waals surface area contributed by atoms with E-state index in [4.69, 9.17) is 5.11 Å². The van der Waals surface area contributed by atoms with Crippen molar-refractivity contribution in [3.05, 3.63) is 51.5 Å². The van der Waals surface area contributed by atoms with Gasteiger partial charge in [-0.2, -0.15) is 0 Å². The number of aromatic carboxylic acids is 1. The van der Waals surface area contributed by atoms with Crippen LogP contribution in [0.3, 0.4) is 0 Å². The van der Waals surface area contributed by atoms with E-state index >= 15 is 0 Å². The van der Waals surface area contributed by atoms with Gasteiger partial charge in [0, 0.05) is 17.0 Å². The maximum Gasteiger partial charge on any atom is 0.345 e. The number of hydrogen-bond donors (Lipinski definition) is 1. The number of fused-ring (bicyclic) bond motifs is 1. The second-order valence-corrected chi connectivity index (χ2v) is 5.62. The van der Waals surface area contributed by atoms with Gasteiger partial charge in [0.15, 0.2) is 0 Å². The molecule has 0 bridgehead atoms. The molecule has 18 heavy (non-hydrogen) atoms. The maximum atomic E-state index is 10.9. The van der Waals surface area contributed by atoms with Crippen molar-refractivity contribution in [2.45, 2.75) is 25.2 Å². The van der Waals surface area contributed by atoms with E-state index in [1.165, 1.54) is 16.9 Å². The van der Waals surface area contributed by atoms with Gasteiger partial charge >= 0.3 is 5.97 Å². The molecule has 0 amide bonds. The van der Waals surface area contributed by atoms with Crippen molar-refractivity contribution < 1.29 is 9.90 Å². The van der Waals surface area contributed by atoms with E-state index in [0.717, 1.165) is 29.8 Å². The molecule has 0 aliphatic heterocycles. The van der Waals surface area contributed by atoms with Crippen LogP contribution in [0.2, 0.25) is 0 Å².